The Kier molecular flexibility index (Phi) is 7.14. The maximum absolute atomic E-state index is 14.6. The summed E-state index contributed by atoms with van der Waals surface area (Å²) >= 11 is 0. The summed E-state index contributed by atoms with van der Waals surface area (Å²) in [5.41, 5.74) is -4.22. The van der Waals surface area contributed by atoms with Gasteiger partial charge >= 0.3 is 5.97 Å². The summed E-state index contributed by atoms with van der Waals surface area (Å²) in [6, 6.07) is 18.6. The topological polar surface area (TPSA) is 132 Å². The van der Waals surface area contributed by atoms with Crippen molar-refractivity contribution < 1.29 is 34.4 Å². The molecule has 1 aliphatic carbocycles. The van der Waals surface area contributed by atoms with Crippen LogP contribution in [0, 0.1) is 5.92 Å². The van der Waals surface area contributed by atoms with Crippen molar-refractivity contribution in [2.24, 2.45) is 5.92 Å². The highest BCUT2D eigenvalue weighted by molar-refractivity contribution is 6.04. The first-order valence-corrected chi connectivity index (χ1v) is 14.7. The molecule has 1 amide bonds. The number of carbonyl (C=O) groups is 2. The predicted molar refractivity (Wildman–Crippen MR) is 155 cm³/mol. The number of anilines is 1. The zero-order chi connectivity index (χ0) is 29.8. The molecule has 3 fully saturated rings. The number of morpholine rings is 1. The van der Waals surface area contributed by atoms with Gasteiger partial charge in [0.2, 0.25) is 5.60 Å². The van der Waals surface area contributed by atoms with E-state index in [4.69, 9.17) is 9.47 Å². The van der Waals surface area contributed by atoms with Crippen molar-refractivity contribution in [3.05, 3.63) is 90.0 Å². The number of carboxylic acids is 1. The second-order valence-electron chi connectivity index (χ2n) is 12.0. The van der Waals surface area contributed by atoms with E-state index >= 15 is 0 Å². The third-order valence-corrected chi connectivity index (χ3v) is 9.29. The molecule has 9 nitrogen and oxygen atoms in total. The number of epoxide rings is 1. The average molecular weight is 575 g/mol. The Labute approximate surface area is 245 Å². The van der Waals surface area contributed by atoms with Gasteiger partial charge in [-0.25, -0.2) is 4.90 Å². The van der Waals surface area contributed by atoms with E-state index in [1.807, 2.05) is 79.4 Å². The number of allylic oxidation sites excluding steroid dienone is 3. The molecule has 222 valence electrons. The molecule has 42 heavy (non-hydrogen) atoms. The molecule has 9 heteroatoms. The summed E-state index contributed by atoms with van der Waals surface area (Å²) < 4.78 is 13.9. The molecule has 3 heterocycles. The van der Waals surface area contributed by atoms with Gasteiger partial charge < -0.3 is 30.1 Å². The fourth-order valence-corrected chi connectivity index (χ4v) is 7.60. The van der Waals surface area contributed by atoms with E-state index in [1.165, 1.54) is 0 Å². The first-order chi connectivity index (χ1) is 20.1. The van der Waals surface area contributed by atoms with E-state index in [1.54, 1.807) is 12.1 Å². The van der Waals surface area contributed by atoms with Crippen LogP contribution in [0.15, 0.2) is 84.5 Å². The van der Waals surface area contributed by atoms with E-state index in [0.29, 0.717) is 30.6 Å². The minimum Gasteiger partial charge on any atom is -0.481 e. The molecule has 6 unspecified atom stereocenters. The summed E-state index contributed by atoms with van der Waals surface area (Å²) in [7, 11) is 0. The molecule has 3 saturated heterocycles. The second-order valence-corrected chi connectivity index (χ2v) is 12.0. The van der Waals surface area contributed by atoms with Gasteiger partial charge in [-0.1, -0.05) is 80.6 Å². The van der Waals surface area contributed by atoms with Gasteiger partial charge in [0.15, 0.2) is 17.1 Å². The minimum absolute atomic E-state index is 0.0904. The monoisotopic (exact) mass is 574 g/mol. The fourth-order valence-electron chi connectivity index (χ4n) is 7.60. The van der Waals surface area contributed by atoms with Gasteiger partial charge in [0, 0.05) is 24.2 Å². The van der Waals surface area contributed by atoms with Gasteiger partial charge in [-0.2, -0.15) is 0 Å². The zero-order valence-corrected chi connectivity index (χ0v) is 23.9. The van der Waals surface area contributed by atoms with Crippen LogP contribution in [0.1, 0.15) is 51.5 Å². The highest BCUT2D eigenvalue weighted by Crippen LogP contribution is 2.78. The number of aliphatic carboxylic acids is 1. The van der Waals surface area contributed by atoms with Crippen LogP contribution in [0.5, 0.6) is 0 Å². The van der Waals surface area contributed by atoms with Crippen LogP contribution in [-0.4, -0.2) is 67.8 Å². The number of para-hydroxylation sites is 1. The summed E-state index contributed by atoms with van der Waals surface area (Å²) in [4.78, 5) is 27.9. The number of aliphatic hydroxyl groups excluding tert-OH is 1. The highest BCUT2D eigenvalue weighted by atomic mass is 16.7. The Balaban J connectivity index is 1.57. The maximum Gasteiger partial charge on any atom is 0.305 e. The summed E-state index contributed by atoms with van der Waals surface area (Å²) in [6.45, 7) is 4.09. The van der Waals surface area contributed by atoms with Crippen molar-refractivity contribution in [2.75, 3.05) is 11.9 Å². The molecular weight excluding hydrogens is 536 g/mol. The molecule has 6 atom stereocenters. The standard InChI is InChI=1S/C33H38N2O7/c1-22(2)32(40)31(29(39)34-25-16-10-5-11-17-25)30(42-31,23-12-6-3-7-13-23)33(24-14-8-4-9-15-24)35(32)19-18-27(41-33)20-26(36)21-28(37)38/h3-6,8-12,14-17,22,26-27,36,40H,7,13,18-21H2,1-2H3,(H,34,39)(H,37,38). The first-order valence-electron chi connectivity index (χ1n) is 14.7. The fraction of sp³-hybridized carbons (Fsp3) is 0.455. The van der Waals surface area contributed by atoms with Crippen molar-refractivity contribution in [1.29, 1.82) is 0 Å². The minimum atomic E-state index is -1.78. The van der Waals surface area contributed by atoms with Crippen molar-refractivity contribution in [1.82, 2.24) is 4.90 Å². The van der Waals surface area contributed by atoms with E-state index in [-0.39, 0.29) is 6.42 Å². The molecule has 4 aliphatic rings. The van der Waals surface area contributed by atoms with Crippen LogP contribution < -0.4 is 5.32 Å². The number of carboxylic acid groups (broad SMARTS) is 1. The maximum atomic E-state index is 14.6. The zero-order valence-electron chi connectivity index (χ0n) is 23.9. The summed E-state index contributed by atoms with van der Waals surface area (Å²) in [6.07, 6.45) is 5.74. The van der Waals surface area contributed by atoms with Crippen LogP contribution in [0.3, 0.4) is 0 Å². The van der Waals surface area contributed by atoms with Gasteiger partial charge in [-0.3, -0.25) is 9.59 Å². The Bertz CT molecular complexity index is 1410. The molecular formula is C33H38N2O7. The number of benzene rings is 2. The first kappa shape index (κ1) is 28.8. The number of aliphatic hydroxyl groups is 2. The van der Waals surface area contributed by atoms with Crippen molar-refractivity contribution in [3.63, 3.8) is 0 Å². The molecule has 0 bridgehead atoms. The lowest BCUT2D eigenvalue weighted by Crippen LogP contribution is -2.68. The molecule has 2 aromatic rings. The smallest absolute Gasteiger partial charge is 0.305 e. The molecule has 2 aromatic carbocycles. The second kappa shape index (κ2) is 10.4. The number of hydrogen-bond donors (Lipinski definition) is 4. The normalized spacial score (nSPS) is 34.3. The number of ether oxygens (including phenoxy) is 2. The van der Waals surface area contributed by atoms with Crippen LogP contribution in [-0.2, 0) is 24.8 Å². The van der Waals surface area contributed by atoms with Crippen molar-refractivity contribution in [3.8, 4) is 0 Å². The number of rotatable bonds is 9. The van der Waals surface area contributed by atoms with Gasteiger partial charge in [-0.05, 0) is 42.9 Å². The number of amides is 1. The number of nitrogens with one attached hydrogen (secondary N) is 1. The largest absolute Gasteiger partial charge is 0.481 e. The molecule has 0 saturated carbocycles. The van der Waals surface area contributed by atoms with Crippen LogP contribution in [0.4, 0.5) is 5.69 Å². The predicted octanol–water partition coefficient (Wildman–Crippen LogP) is 3.94. The van der Waals surface area contributed by atoms with E-state index in [0.717, 1.165) is 12.0 Å². The van der Waals surface area contributed by atoms with E-state index in [9.17, 15) is 24.9 Å². The molecule has 0 aromatic heterocycles. The van der Waals surface area contributed by atoms with Crippen LogP contribution in [0.25, 0.3) is 0 Å². The van der Waals surface area contributed by atoms with Gasteiger partial charge in [0.25, 0.3) is 5.91 Å². The number of hydrogen-bond acceptors (Lipinski definition) is 7. The lowest BCUT2D eigenvalue weighted by Gasteiger charge is -2.54. The Morgan fingerprint density at radius 2 is 1.79 bits per heavy atom. The molecule has 0 radical (unpaired) electrons. The molecule has 3 aliphatic heterocycles. The Morgan fingerprint density at radius 3 is 2.40 bits per heavy atom. The number of carbonyl (C=O) groups excluding carboxylic acids is 1. The van der Waals surface area contributed by atoms with E-state index in [2.05, 4.69) is 11.4 Å². The third kappa shape index (κ3) is 3.88. The summed E-state index contributed by atoms with van der Waals surface area (Å²) in [5, 5.41) is 35.9. The summed E-state index contributed by atoms with van der Waals surface area (Å²) in [5.74, 6) is -2.01. The van der Waals surface area contributed by atoms with Crippen LogP contribution >= 0.6 is 0 Å². The van der Waals surface area contributed by atoms with Gasteiger partial charge in [-0.15, -0.1) is 0 Å². The Morgan fingerprint density at radius 1 is 1.10 bits per heavy atom. The van der Waals surface area contributed by atoms with Crippen LogP contribution in [0.2, 0.25) is 0 Å². The SMILES string of the molecule is CC(C)C1(O)N2CCC(CC(O)CC(=O)O)OC2(c2ccccc2)C2(C3=CC=CCC3)OC12C(=O)Nc1ccccc1. The lowest BCUT2D eigenvalue weighted by molar-refractivity contribution is -0.322. The average Bonchev–Trinajstić information content (AvgIpc) is 3.67. The lowest BCUT2D eigenvalue weighted by atomic mass is 9.71. The van der Waals surface area contributed by atoms with Crippen molar-refractivity contribution in [2.45, 2.75) is 80.8 Å². The number of fused-ring (bicyclic) bond motifs is 3. The Hall–Kier alpha value is -3.34. The van der Waals surface area contributed by atoms with Crippen molar-refractivity contribution >= 4 is 17.6 Å². The third-order valence-electron chi connectivity index (χ3n) is 9.29. The highest BCUT2D eigenvalue weighted by Gasteiger charge is 2.99. The van der Waals surface area contributed by atoms with Gasteiger partial charge in [0.1, 0.15) is 0 Å². The van der Waals surface area contributed by atoms with Gasteiger partial charge in [0.05, 0.1) is 18.6 Å². The molecule has 4 N–H and O–H groups in total. The molecule has 6 rings (SSSR count). The molecule has 0 spiro atoms. The quantitative estimate of drug-likeness (QED) is 0.331. The van der Waals surface area contributed by atoms with E-state index < -0.39 is 59.1 Å². The number of nitrogens with zero attached hydrogens (tertiary/aromatic N) is 1.